The summed E-state index contributed by atoms with van der Waals surface area (Å²) in [6, 6.07) is 26.6. The fraction of sp³-hybridized carbons (Fsp3) is 0.219. The normalized spacial score (nSPS) is 11.2. The van der Waals surface area contributed by atoms with E-state index in [2.05, 4.69) is 71.0 Å². The van der Waals surface area contributed by atoms with Crippen molar-refractivity contribution in [2.75, 3.05) is 7.11 Å². The molecule has 0 bridgehead atoms. The summed E-state index contributed by atoms with van der Waals surface area (Å²) < 4.78 is 5.74. The molecule has 0 fully saturated rings. The van der Waals surface area contributed by atoms with Crippen LogP contribution in [0.15, 0.2) is 83.9 Å². The van der Waals surface area contributed by atoms with E-state index in [1.807, 2.05) is 42.5 Å². The molecule has 1 N–H and O–H groups in total. The third-order valence-corrected chi connectivity index (χ3v) is 6.61. The number of phenols is 1. The first-order valence-corrected chi connectivity index (χ1v) is 18.9. The first-order valence-electron chi connectivity index (χ1n) is 12.5. The number of aliphatic imine (C=N–C) groups is 1. The molecule has 0 atom stereocenters. The molecule has 4 rings (SSSR count). The number of ether oxygens (including phenoxy) is 1. The zero-order valence-electron chi connectivity index (χ0n) is 23.0. The topological polar surface area (TPSA) is 41.8 Å². The maximum absolute atomic E-state index is 11.3. The number of benzene rings is 4. The molecule has 4 aromatic rings. The maximum atomic E-state index is 11.3. The number of rotatable bonds is 6. The average molecular weight is 618 g/mol. The van der Waals surface area contributed by atoms with Gasteiger partial charge in [0.15, 0.2) is 0 Å². The van der Waals surface area contributed by atoms with Crippen molar-refractivity contribution < 1.29 is 24.5 Å². The Labute approximate surface area is 249 Å². The van der Waals surface area contributed by atoms with Crippen LogP contribution in [0.25, 0.3) is 11.1 Å². The van der Waals surface area contributed by atoms with E-state index in [1.54, 1.807) is 13.3 Å². The van der Waals surface area contributed by atoms with E-state index in [0.717, 1.165) is 44.8 Å². The number of aryl methyl sites for hydroxylation is 3. The Morgan fingerprint density at radius 3 is 2.05 bits per heavy atom. The van der Waals surface area contributed by atoms with Crippen LogP contribution in [0.5, 0.6) is 11.5 Å². The second-order valence-electron chi connectivity index (χ2n) is 9.89. The van der Waals surface area contributed by atoms with Crippen molar-refractivity contribution in [2.45, 2.75) is 40.0 Å². The van der Waals surface area contributed by atoms with E-state index in [1.165, 1.54) is 5.56 Å². The fourth-order valence-corrected chi connectivity index (χ4v) is 4.77. The molecule has 0 heterocycles. The number of methoxy groups -OCH3 is 1. The second-order valence-corrected chi connectivity index (χ2v) is 17.6. The molecule has 0 unspecified atom stereocenters. The molecule has 7 heteroatoms. The Hall–Kier alpha value is -2.27. The third kappa shape index (κ3) is 7.90. The van der Waals surface area contributed by atoms with E-state index < -0.39 is 14.7 Å². The van der Waals surface area contributed by atoms with Gasteiger partial charge in [-0.15, -0.1) is 0 Å². The third-order valence-electron chi connectivity index (χ3n) is 6.61. The van der Waals surface area contributed by atoms with Crippen LogP contribution in [0.1, 0.15) is 47.2 Å². The molecule has 0 saturated heterocycles. The van der Waals surface area contributed by atoms with E-state index >= 15 is 0 Å². The van der Waals surface area contributed by atoms with Crippen LogP contribution in [0, 0.1) is 20.8 Å². The van der Waals surface area contributed by atoms with Crippen molar-refractivity contribution in [1.29, 1.82) is 0 Å². The second kappa shape index (κ2) is 13.9. The van der Waals surface area contributed by atoms with Crippen molar-refractivity contribution in [3.05, 3.63) is 112 Å². The summed E-state index contributed by atoms with van der Waals surface area (Å²) in [5.41, 5.74) is 8.53. The van der Waals surface area contributed by atoms with Crippen LogP contribution in [0.2, 0.25) is 0 Å². The molecule has 0 aliphatic heterocycles. The monoisotopic (exact) mass is 616 g/mol. The first kappa shape index (κ1) is 31.3. The molecule has 0 aliphatic carbocycles. The molecular formula is C32H33Cl3NO2Ti. The predicted octanol–water partition coefficient (Wildman–Crippen LogP) is 10.1. The number of hydrogen-bond acceptors (Lipinski definition) is 3. The summed E-state index contributed by atoms with van der Waals surface area (Å²) >= 11 is -1.92. The predicted molar refractivity (Wildman–Crippen MR) is 164 cm³/mol. The molecule has 39 heavy (non-hydrogen) atoms. The number of phenolic OH excluding ortho intramolecular Hbond substituents is 1. The van der Waals surface area contributed by atoms with Gasteiger partial charge in [-0.05, 0) is 61.2 Å². The molecule has 0 saturated carbocycles. The Kier molecular flexibility index (Phi) is 11.1. The van der Waals surface area contributed by atoms with Gasteiger partial charge in [0.2, 0.25) is 0 Å². The van der Waals surface area contributed by atoms with Crippen molar-refractivity contribution in [3.8, 4) is 22.6 Å². The zero-order valence-corrected chi connectivity index (χ0v) is 26.8. The molecule has 0 radical (unpaired) electrons. The van der Waals surface area contributed by atoms with Crippen molar-refractivity contribution in [1.82, 2.24) is 0 Å². The SMILES string of the molecule is COc1c(C)cc(C)cc1-c1ccccc1N=Cc1cc(C)cc(C(C)(C)c2ccccc2)c1O.[Cl][Ti]([Cl])[Cl]. The molecule has 0 amide bonds. The van der Waals surface area contributed by atoms with E-state index in [4.69, 9.17) is 37.6 Å². The van der Waals surface area contributed by atoms with Crippen LogP contribution in [-0.2, 0) is 20.1 Å². The van der Waals surface area contributed by atoms with E-state index in [0.29, 0.717) is 5.56 Å². The first-order chi connectivity index (χ1) is 18.4. The van der Waals surface area contributed by atoms with Gasteiger partial charge in [0.1, 0.15) is 11.5 Å². The van der Waals surface area contributed by atoms with Gasteiger partial charge in [-0.25, -0.2) is 0 Å². The summed E-state index contributed by atoms with van der Waals surface area (Å²) in [7, 11) is 16.6. The summed E-state index contributed by atoms with van der Waals surface area (Å²) in [5.74, 6) is 1.11. The Morgan fingerprint density at radius 1 is 0.821 bits per heavy atom. The summed E-state index contributed by atoms with van der Waals surface area (Å²) in [5, 5.41) is 11.3. The van der Waals surface area contributed by atoms with Gasteiger partial charge in [0, 0.05) is 33.9 Å². The van der Waals surface area contributed by atoms with Crippen LogP contribution >= 0.6 is 27.9 Å². The van der Waals surface area contributed by atoms with Gasteiger partial charge < -0.3 is 9.84 Å². The van der Waals surface area contributed by atoms with Crippen molar-refractivity contribution in [3.63, 3.8) is 0 Å². The standard InChI is InChI=1S/C32H33NO2.3ClH.Ti/c1-21-16-23(3)31(35-6)27(18-21)26-14-10-11-15-29(26)33-20-24-17-22(2)19-28(30(24)34)32(4,5)25-12-8-7-9-13-25;;;;/h7-20,34H,1-6H3;3*1H;/q;;;;+3/p-3. The fourth-order valence-electron chi connectivity index (χ4n) is 4.77. The van der Waals surface area contributed by atoms with Crippen molar-refractivity contribution >= 4 is 39.8 Å². The number of hydrogen-bond donors (Lipinski definition) is 1. The van der Waals surface area contributed by atoms with Gasteiger partial charge >= 0.3 is 42.6 Å². The Morgan fingerprint density at radius 2 is 1.41 bits per heavy atom. The zero-order chi connectivity index (χ0) is 28.7. The Bertz CT molecular complexity index is 1450. The summed E-state index contributed by atoms with van der Waals surface area (Å²) in [6.07, 6.45) is 1.76. The minimum atomic E-state index is -1.92. The van der Waals surface area contributed by atoms with Gasteiger partial charge in [0.05, 0.1) is 12.8 Å². The number of halogens is 3. The van der Waals surface area contributed by atoms with Gasteiger partial charge in [-0.1, -0.05) is 74.5 Å². The summed E-state index contributed by atoms with van der Waals surface area (Å²) in [4.78, 5) is 4.84. The average Bonchev–Trinajstić information content (AvgIpc) is 2.89. The van der Waals surface area contributed by atoms with Gasteiger partial charge in [-0.2, -0.15) is 0 Å². The summed E-state index contributed by atoms with van der Waals surface area (Å²) in [6.45, 7) is 10.5. The molecule has 0 spiro atoms. The number of nitrogens with zero attached hydrogens (tertiary/aromatic N) is 1. The van der Waals surface area contributed by atoms with E-state index in [-0.39, 0.29) is 11.2 Å². The van der Waals surface area contributed by atoms with E-state index in [9.17, 15) is 5.11 Å². The molecule has 203 valence electrons. The number of para-hydroxylation sites is 1. The van der Waals surface area contributed by atoms with Gasteiger partial charge in [-0.3, -0.25) is 4.99 Å². The van der Waals surface area contributed by atoms with Crippen LogP contribution in [-0.4, -0.2) is 18.4 Å². The van der Waals surface area contributed by atoms with Crippen molar-refractivity contribution in [2.24, 2.45) is 4.99 Å². The Balaban J connectivity index is 0.000000983. The number of aromatic hydroxyl groups is 1. The quantitative estimate of drug-likeness (QED) is 0.173. The van der Waals surface area contributed by atoms with Crippen LogP contribution < -0.4 is 4.74 Å². The molecule has 0 aromatic heterocycles. The minimum absolute atomic E-state index is 0.259. The van der Waals surface area contributed by atoms with Gasteiger partial charge in [0.25, 0.3) is 0 Å². The molecular weight excluding hydrogens is 585 g/mol. The van der Waals surface area contributed by atoms with Crippen LogP contribution in [0.4, 0.5) is 5.69 Å². The molecule has 0 aliphatic rings. The van der Waals surface area contributed by atoms with Crippen LogP contribution in [0.3, 0.4) is 0 Å². The molecule has 3 nitrogen and oxygen atoms in total. The molecule has 4 aromatic carbocycles.